The van der Waals surface area contributed by atoms with Crippen LogP contribution in [0.4, 0.5) is 0 Å². The summed E-state index contributed by atoms with van der Waals surface area (Å²) in [5.74, 6) is -1.60. The standard InChI is InChI=1S/C32H45NO7/c1-6-27-21(4)12-13-31(40-27)17-25-16-24(39-31)11-10-20(3)14-19(2)8-7-9-23-18-37-29-28(33-36)22(5)15-26(30(34)38-25)32(23,29)35/h7-10,15,19,21,24-27,29,35-36H,6,11-14,16-18H2,1-5H3/b8-7+,20-10+,23-9+,33-28+/t19-,21+,24-,25-,26-,27+,29-,31-,32+/m1/s1. The molecule has 8 nitrogen and oxygen atoms in total. The molecular formula is C32H45NO7. The van der Waals surface area contributed by atoms with Gasteiger partial charge in [0.15, 0.2) is 5.79 Å². The molecule has 1 aliphatic carbocycles. The van der Waals surface area contributed by atoms with E-state index < -0.39 is 35.5 Å². The van der Waals surface area contributed by atoms with Crippen LogP contribution < -0.4 is 0 Å². The Hall–Kier alpha value is -2.26. The normalized spacial score (nSPS) is 47.0. The van der Waals surface area contributed by atoms with Crippen molar-refractivity contribution in [1.82, 2.24) is 0 Å². The van der Waals surface area contributed by atoms with Crippen LogP contribution in [0.2, 0.25) is 0 Å². The van der Waals surface area contributed by atoms with E-state index in [0.29, 0.717) is 29.9 Å². The Morgan fingerprint density at radius 1 is 1.18 bits per heavy atom. The Morgan fingerprint density at radius 3 is 2.73 bits per heavy atom. The molecule has 3 saturated heterocycles. The Bertz CT molecular complexity index is 1140. The second-order valence-corrected chi connectivity index (χ2v) is 12.6. The highest BCUT2D eigenvalue weighted by molar-refractivity contribution is 6.06. The first-order chi connectivity index (χ1) is 19.1. The number of oxime groups is 1. The molecule has 8 heteroatoms. The molecule has 0 saturated carbocycles. The van der Waals surface area contributed by atoms with Gasteiger partial charge in [0, 0.05) is 19.3 Å². The van der Waals surface area contributed by atoms with Crippen LogP contribution >= 0.6 is 0 Å². The monoisotopic (exact) mass is 555 g/mol. The summed E-state index contributed by atoms with van der Waals surface area (Å²) in [5, 5.41) is 25.3. The van der Waals surface area contributed by atoms with E-state index in [4.69, 9.17) is 18.9 Å². The zero-order valence-corrected chi connectivity index (χ0v) is 24.5. The summed E-state index contributed by atoms with van der Waals surface area (Å²) in [5.41, 5.74) is 0.922. The predicted octanol–water partition coefficient (Wildman–Crippen LogP) is 5.39. The van der Waals surface area contributed by atoms with Crippen LogP contribution in [-0.4, -0.2) is 64.4 Å². The smallest absolute Gasteiger partial charge is 0.316 e. The molecule has 4 aliphatic heterocycles. The SMILES string of the molecule is CC[C@@H]1O[C@]2(CC[C@@H]1C)C[C@H]1C[C@@H](C/C=C(\C)C[C@H](C)/C=C/C=C3\CO[C@@H]4/C(=N/O)C(C)=C[C@H](C(=O)O1)[C@@]34O)O2. The zero-order chi connectivity index (χ0) is 28.7. The summed E-state index contributed by atoms with van der Waals surface area (Å²) in [7, 11) is 0. The van der Waals surface area contributed by atoms with E-state index >= 15 is 0 Å². The zero-order valence-electron chi connectivity index (χ0n) is 24.5. The molecule has 5 aliphatic rings. The highest BCUT2D eigenvalue weighted by Crippen LogP contribution is 2.46. The molecule has 2 N–H and O–H groups in total. The van der Waals surface area contributed by atoms with Crippen molar-refractivity contribution in [1.29, 1.82) is 0 Å². The van der Waals surface area contributed by atoms with Gasteiger partial charge in [0.1, 0.15) is 29.4 Å². The maximum Gasteiger partial charge on any atom is 0.316 e. The molecular weight excluding hydrogens is 510 g/mol. The van der Waals surface area contributed by atoms with Crippen molar-refractivity contribution in [2.24, 2.45) is 22.9 Å². The van der Waals surface area contributed by atoms with Crippen molar-refractivity contribution < 1.29 is 34.1 Å². The molecule has 5 rings (SSSR count). The fraction of sp³-hybridized carbons (Fsp3) is 0.688. The highest BCUT2D eigenvalue weighted by Gasteiger charge is 2.59. The number of aliphatic hydroxyl groups is 1. The van der Waals surface area contributed by atoms with Crippen LogP contribution in [0, 0.1) is 17.8 Å². The van der Waals surface area contributed by atoms with Crippen molar-refractivity contribution in [3.8, 4) is 0 Å². The number of hydrogen-bond acceptors (Lipinski definition) is 8. The van der Waals surface area contributed by atoms with E-state index in [0.717, 1.165) is 32.1 Å². The number of esters is 1. The summed E-state index contributed by atoms with van der Waals surface area (Å²) >= 11 is 0. The maximum absolute atomic E-state index is 13.9. The molecule has 0 aromatic rings. The average Bonchev–Trinajstić information content (AvgIpc) is 3.24. The third-order valence-corrected chi connectivity index (χ3v) is 9.45. The van der Waals surface area contributed by atoms with Crippen LogP contribution in [0.1, 0.15) is 79.6 Å². The number of nitrogens with zero attached hydrogens (tertiary/aromatic N) is 1. The Labute approximate surface area is 237 Å². The molecule has 220 valence electrons. The van der Waals surface area contributed by atoms with E-state index in [-0.39, 0.29) is 30.4 Å². The lowest BCUT2D eigenvalue weighted by atomic mass is 9.71. The molecule has 0 aromatic carbocycles. The minimum absolute atomic E-state index is 0.0940. The van der Waals surface area contributed by atoms with Crippen LogP contribution in [-0.2, 0) is 23.7 Å². The van der Waals surface area contributed by atoms with Gasteiger partial charge in [0.2, 0.25) is 0 Å². The van der Waals surface area contributed by atoms with Gasteiger partial charge in [-0.2, -0.15) is 0 Å². The van der Waals surface area contributed by atoms with Crippen molar-refractivity contribution in [2.75, 3.05) is 6.61 Å². The third-order valence-electron chi connectivity index (χ3n) is 9.45. The quantitative estimate of drug-likeness (QED) is 0.193. The van der Waals surface area contributed by atoms with Crippen molar-refractivity contribution in [2.45, 2.75) is 115 Å². The Balaban J connectivity index is 1.53. The minimum atomic E-state index is -1.72. The molecule has 0 aromatic heterocycles. The summed E-state index contributed by atoms with van der Waals surface area (Å²) in [6.45, 7) is 10.5. The van der Waals surface area contributed by atoms with Crippen LogP contribution in [0.25, 0.3) is 0 Å². The summed E-state index contributed by atoms with van der Waals surface area (Å²) in [6, 6.07) is 0. The number of allylic oxidation sites excluding steroid dienone is 4. The second-order valence-electron chi connectivity index (χ2n) is 12.6. The third kappa shape index (κ3) is 5.48. The van der Waals surface area contributed by atoms with Gasteiger partial charge in [0.25, 0.3) is 0 Å². The van der Waals surface area contributed by atoms with E-state index in [1.165, 1.54) is 5.57 Å². The fourth-order valence-corrected chi connectivity index (χ4v) is 7.22. The first-order valence-electron chi connectivity index (χ1n) is 14.9. The molecule has 3 fully saturated rings. The lowest BCUT2D eigenvalue weighted by Crippen LogP contribution is -2.57. The summed E-state index contributed by atoms with van der Waals surface area (Å²) < 4.78 is 25.5. The molecule has 4 heterocycles. The van der Waals surface area contributed by atoms with Gasteiger partial charge in [-0.15, -0.1) is 0 Å². The molecule has 9 atom stereocenters. The number of ether oxygens (including phenoxy) is 4. The van der Waals surface area contributed by atoms with Gasteiger partial charge in [-0.25, -0.2) is 0 Å². The van der Waals surface area contributed by atoms with E-state index in [9.17, 15) is 15.1 Å². The Morgan fingerprint density at radius 2 is 1.98 bits per heavy atom. The van der Waals surface area contributed by atoms with Gasteiger partial charge in [-0.3, -0.25) is 4.79 Å². The lowest BCUT2D eigenvalue weighted by Gasteiger charge is -2.49. The Kier molecular flexibility index (Phi) is 8.44. The topological polar surface area (TPSA) is 107 Å². The molecule has 40 heavy (non-hydrogen) atoms. The first-order valence-corrected chi connectivity index (χ1v) is 14.9. The van der Waals surface area contributed by atoms with Gasteiger partial charge in [-0.05, 0) is 62.5 Å². The minimum Gasteiger partial charge on any atom is -0.462 e. The van der Waals surface area contributed by atoms with Gasteiger partial charge >= 0.3 is 5.97 Å². The first kappa shape index (κ1) is 29.2. The maximum atomic E-state index is 13.9. The van der Waals surface area contributed by atoms with Crippen LogP contribution in [0.3, 0.4) is 0 Å². The van der Waals surface area contributed by atoms with E-state index in [1.54, 1.807) is 13.0 Å². The number of hydrogen-bond donors (Lipinski definition) is 2. The summed E-state index contributed by atoms with van der Waals surface area (Å²) in [6.07, 6.45) is 13.6. The molecule has 0 unspecified atom stereocenters. The largest absolute Gasteiger partial charge is 0.462 e. The number of carbonyl (C=O) groups is 1. The van der Waals surface area contributed by atoms with Gasteiger partial charge in [-0.1, -0.05) is 61.9 Å². The van der Waals surface area contributed by atoms with E-state index in [2.05, 4.69) is 45.0 Å². The molecule has 2 bridgehead atoms. The van der Waals surface area contributed by atoms with Gasteiger partial charge < -0.3 is 29.3 Å². The second kappa shape index (κ2) is 11.6. The summed E-state index contributed by atoms with van der Waals surface area (Å²) in [4.78, 5) is 13.9. The fourth-order valence-electron chi connectivity index (χ4n) is 7.22. The number of carbonyl (C=O) groups excluding carboxylic acids is 1. The van der Waals surface area contributed by atoms with Gasteiger partial charge in [0.05, 0.1) is 18.8 Å². The molecule has 1 spiro atoms. The number of rotatable bonds is 1. The van der Waals surface area contributed by atoms with E-state index in [1.807, 2.05) is 12.2 Å². The average molecular weight is 556 g/mol. The predicted molar refractivity (Wildman–Crippen MR) is 151 cm³/mol. The lowest BCUT2D eigenvalue weighted by molar-refractivity contribution is -0.335. The number of fused-ring (bicyclic) bond motifs is 2. The van der Waals surface area contributed by atoms with Crippen molar-refractivity contribution >= 4 is 11.7 Å². The van der Waals surface area contributed by atoms with Crippen molar-refractivity contribution in [3.05, 3.63) is 47.1 Å². The molecule has 0 radical (unpaired) electrons. The van der Waals surface area contributed by atoms with Crippen LogP contribution in [0.5, 0.6) is 0 Å². The van der Waals surface area contributed by atoms with Crippen molar-refractivity contribution in [3.63, 3.8) is 0 Å². The molecule has 0 amide bonds. The van der Waals surface area contributed by atoms with Crippen LogP contribution in [0.15, 0.2) is 52.3 Å². The highest BCUT2D eigenvalue weighted by atomic mass is 16.7.